The molecule has 5 nitrogen and oxygen atoms in total. The normalized spacial score (nSPS) is 14.3. The van der Waals surface area contributed by atoms with Crippen molar-refractivity contribution < 1.29 is 20.1 Å². The molecule has 0 aromatic rings. The SMILES string of the molecule is CCCCCCCCNC(=O)C(CCC(O)CC)CCC(O)(O)CC. The van der Waals surface area contributed by atoms with Gasteiger partial charge >= 0.3 is 0 Å². The lowest BCUT2D eigenvalue weighted by Crippen LogP contribution is -2.34. The number of aliphatic hydroxyl groups is 3. The van der Waals surface area contributed by atoms with E-state index in [0.717, 1.165) is 12.8 Å². The van der Waals surface area contributed by atoms with Crippen molar-refractivity contribution in [3.05, 3.63) is 0 Å². The fourth-order valence-corrected chi connectivity index (χ4v) is 2.85. The van der Waals surface area contributed by atoms with Crippen LogP contribution in [-0.2, 0) is 4.79 Å². The molecule has 0 spiro atoms. The molecular weight excluding hydrogens is 318 g/mol. The molecule has 0 aromatic carbocycles. The molecular formula is C20H41NO4. The average molecular weight is 360 g/mol. The zero-order valence-electron chi connectivity index (χ0n) is 16.6. The van der Waals surface area contributed by atoms with E-state index < -0.39 is 11.9 Å². The van der Waals surface area contributed by atoms with Gasteiger partial charge in [0.05, 0.1) is 6.10 Å². The third-order valence-corrected chi connectivity index (χ3v) is 4.98. The minimum Gasteiger partial charge on any atom is -0.393 e. The molecule has 0 radical (unpaired) electrons. The summed E-state index contributed by atoms with van der Waals surface area (Å²) in [5.41, 5.74) is 0. The fraction of sp³-hybridized carbons (Fsp3) is 0.950. The van der Waals surface area contributed by atoms with Gasteiger partial charge in [-0.25, -0.2) is 0 Å². The summed E-state index contributed by atoms with van der Waals surface area (Å²) in [7, 11) is 0. The van der Waals surface area contributed by atoms with Gasteiger partial charge in [0.2, 0.25) is 5.91 Å². The van der Waals surface area contributed by atoms with E-state index in [1.807, 2.05) is 6.92 Å². The molecule has 0 heterocycles. The maximum Gasteiger partial charge on any atom is 0.223 e. The van der Waals surface area contributed by atoms with E-state index in [4.69, 9.17) is 0 Å². The Morgan fingerprint density at radius 1 is 0.960 bits per heavy atom. The Hall–Kier alpha value is -0.650. The minimum atomic E-state index is -1.71. The molecule has 4 N–H and O–H groups in total. The van der Waals surface area contributed by atoms with Crippen LogP contribution in [0.15, 0.2) is 0 Å². The highest BCUT2D eigenvalue weighted by atomic mass is 16.5. The third kappa shape index (κ3) is 13.2. The first-order valence-electron chi connectivity index (χ1n) is 10.3. The molecule has 0 bridgehead atoms. The number of carbonyl (C=O) groups excluding carboxylic acids is 1. The molecule has 0 fully saturated rings. The Bertz CT molecular complexity index is 334. The summed E-state index contributed by atoms with van der Waals surface area (Å²) in [6.07, 6.45) is 9.38. The molecule has 0 rings (SSSR count). The van der Waals surface area contributed by atoms with E-state index in [2.05, 4.69) is 12.2 Å². The van der Waals surface area contributed by atoms with Crippen molar-refractivity contribution >= 4 is 5.91 Å². The molecule has 0 aliphatic heterocycles. The lowest BCUT2D eigenvalue weighted by molar-refractivity contribution is -0.170. The average Bonchev–Trinajstić information content (AvgIpc) is 2.60. The summed E-state index contributed by atoms with van der Waals surface area (Å²) in [6.45, 7) is 6.51. The van der Waals surface area contributed by atoms with Gasteiger partial charge in [-0.15, -0.1) is 0 Å². The van der Waals surface area contributed by atoms with Crippen LogP contribution in [0.25, 0.3) is 0 Å². The van der Waals surface area contributed by atoms with Crippen LogP contribution in [0.3, 0.4) is 0 Å². The van der Waals surface area contributed by atoms with Gasteiger partial charge < -0.3 is 20.6 Å². The van der Waals surface area contributed by atoms with E-state index in [-0.39, 0.29) is 24.7 Å². The second-order valence-electron chi connectivity index (χ2n) is 7.27. The lowest BCUT2D eigenvalue weighted by atomic mass is 9.91. The number of amides is 1. The van der Waals surface area contributed by atoms with Crippen LogP contribution in [0.2, 0.25) is 0 Å². The number of rotatable bonds is 16. The zero-order chi connectivity index (χ0) is 19.1. The third-order valence-electron chi connectivity index (χ3n) is 4.98. The molecule has 0 aromatic heterocycles. The predicted molar refractivity (Wildman–Crippen MR) is 102 cm³/mol. The van der Waals surface area contributed by atoms with Crippen molar-refractivity contribution in [2.75, 3.05) is 6.54 Å². The van der Waals surface area contributed by atoms with Gasteiger partial charge in [0.25, 0.3) is 0 Å². The van der Waals surface area contributed by atoms with Crippen molar-refractivity contribution in [1.82, 2.24) is 5.32 Å². The molecule has 0 aliphatic carbocycles. The highest BCUT2D eigenvalue weighted by Crippen LogP contribution is 2.22. The van der Waals surface area contributed by atoms with Gasteiger partial charge in [-0.1, -0.05) is 52.9 Å². The molecule has 0 aliphatic rings. The topological polar surface area (TPSA) is 89.8 Å². The summed E-state index contributed by atoms with van der Waals surface area (Å²) < 4.78 is 0. The molecule has 5 heteroatoms. The second kappa shape index (κ2) is 14.5. The smallest absolute Gasteiger partial charge is 0.223 e. The van der Waals surface area contributed by atoms with Gasteiger partial charge in [0.1, 0.15) is 0 Å². The van der Waals surface area contributed by atoms with Crippen LogP contribution in [0.5, 0.6) is 0 Å². The molecule has 2 unspecified atom stereocenters. The quantitative estimate of drug-likeness (QED) is 0.251. The zero-order valence-corrected chi connectivity index (χ0v) is 16.6. The highest BCUT2D eigenvalue weighted by Gasteiger charge is 2.26. The van der Waals surface area contributed by atoms with Crippen LogP contribution in [-0.4, -0.2) is 39.7 Å². The maximum atomic E-state index is 12.4. The van der Waals surface area contributed by atoms with Crippen LogP contribution in [0, 0.1) is 5.92 Å². The van der Waals surface area contributed by atoms with Crippen molar-refractivity contribution in [3.8, 4) is 0 Å². The predicted octanol–water partition coefficient (Wildman–Crippen LogP) is 3.50. The van der Waals surface area contributed by atoms with Crippen molar-refractivity contribution in [2.24, 2.45) is 5.92 Å². The second-order valence-corrected chi connectivity index (χ2v) is 7.27. The van der Waals surface area contributed by atoms with Gasteiger partial charge in [0.15, 0.2) is 5.79 Å². The number of hydrogen-bond acceptors (Lipinski definition) is 4. The first-order chi connectivity index (χ1) is 11.9. The maximum absolute atomic E-state index is 12.4. The molecule has 25 heavy (non-hydrogen) atoms. The van der Waals surface area contributed by atoms with Gasteiger partial charge in [-0.3, -0.25) is 4.79 Å². The first kappa shape index (κ1) is 24.4. The largest absolute Gasteiger partial charge is 0.393 e. The molecule has 150 valence electrons. The number of aliphatic hydroxyl groups excluding tert-OH is 1. The number of carbonyl (C=O) groups is 1. The van der Waals surface area contributed by atoms with Crippen LogP contribution in [0.1, 0.15) is 97.8 Å². The molecule has 2 atom stereocenters. The monoisotopic (exact) mass is 359 g/mol. The van der Waals surface area contributed by atoms with Gasteiger partial charge in [0, 0.05) is 18.9 Å². The summed E-state index contributed by atoms with van der Waals surface area (Å²) in [5.74, 6) is -2.00. The van der Waals surface area contributed by atoms with Gasteiger partial charge in [-0.05, 0) is 38.5 Å². The van der Waals surface area contributed by atoms with E-state index in [9.17, 15) is 20.1 Å². The number of nitrogens with one attached hydrogen (secondary N) is 1. The van der Waals surface area contributed by atoms with Crippen molar-refractivity contribution in [2.45, 2.75) is 110 Å². The van der Waals surface area contributed by atoms with E-state index in [1.54, 1.807) is 6.92 Å². The number of hydrogen-bond donors (Lipinski definition) is 4. The minimum absolute atomic E-state index is 0.0243. The van der Waals surface area contributed by atoms with Crippen LogP contribution >= 0.6 is 0 Å². The standard InChI is InChI=1S/C20H41NO4/c1-4-7-8-9-10-11-16-21-19(23)17(12-13-18(22)5-2)14-15-20(24,25)6-3/h17-18,22,24-25H,4-16H2,1-3H3,(H,21,23). The Kier molecular flexibility index (Phi) is 14.1. The molecule has 0 saturated heterocycles. The van der Waals surface area contributed by atoms with Crippen molar-refractivity contribution in [3.63, 3.8) is 0 Å². The summed E-state index contributed by atoms with van der Waals surface area (Å²) in [5, 5.41) is 32.3. The van der Waals surface area contributed by atoms with E-state index in [1.165, 1.54) is 25.7 Å². The van der Waals surface area contributed by atoms with Crippen molar-refractivity contribution in [1.29, 1.82) is 0 Å². The Morgan fingerprint density at radius 2 is 1.60 bits per heavy atom. The van der Waals surface area contributed by atoms with E-state index in [0.29, 0.717) is 32.2 Å². The van der Waals surface area contributed by atoms with Gasteiger partial charge in [-0.2, -0.15) is 0 Å². The Balaban J connectivity index is 4.25. The Morgan fingerprint density at radius 3 is 2.20 bits per heavy atom. The van der Waals surface area contributed by atoms with Crippen LogP contribution < -0.4 is 5.32 Å². The van der Waals surface area contributed by atoms with Crippen LogP contribution in [0.4, 0.5) is 0 Å². The fourth-order valence-electron chi connectivity index (χ4n) is 2.85. The first-order valence-corrected chi connectivity index (χ1v) is 10.3. The summed E-state index contributed by atoms with van der Waals surface area (Å²) >= 11 is 0. The summed E-state index contributed by atoms with van der Waals surface area (Å²) in [4.78, 5) is 12.4. The summed E-state index contributed by atoms with van der Waals surface area (Å²) in [6, 6.07) is 0. The molecule has 1 amide bonds. The van der Waals surface area contributed by atoms with E-state index >= 15 is 0 Å². The highest BCUT2D eigenvalue weighted by molar-refractivity contribution is 5.78. The lowest BCUT2D eigenvalue weighted by Gasteiger charge is -2.24. The molecule has 0 saturated carbocycles. The number of unbranched alkanes of at least 4 members (excludes halogenated alkanes) is 5. The Labute approximate surface area is 154 Å².